The molecule has 0 spiro atoms. The third-order valence-corrected chi connectivity index (χ3v) is 10.0. The van der Waals surface area contributed by atoms with Crippen LogP contribution in [0.25, 0.3) is 11.1 Å². The summed E-state index contributed by atoms with van der Waals surface area (Å²) in [5.74, 6) is 1.16. The molecular formula is C39H39N. The van der Waals surface area contributed by atoms with Crippen LogP contribution in [0.3, 0.4) is 0 Å². The zero-order valence-corrected chi connectivity index (χ0v) is 24.4. The molecule has 0 aromatic heterocycles. The van der Waals surface area contributed by atoms with Gasteiger partial charge in [0.15, 0.2) is 0 Å². The minimum Gasteiger partial charge on any atom is -0.345 e. The van der Waals surface area contributed by atoms with E-state index >= 15 is 0 Å². The second-order valence-electron chi connectivity index (χ2n) is 13.1. The van der Waals surface area contributed by atoms with Crippen molar-refractivity contribution in [2.45, 2.75) is 39.5 Å². The standard InChI is InChI=1S/C39H39N/c1-26-22-29(40(5)30-18-20-32-28(23-30)25-38(2,3)36-15-9-7-13-33(32)36)17-19-31(26)34-24-27-12-6-8-14-35(27)39(4)21-11-10-16-37(34)39/h6-24,26,31,35H,25H2,1-5H3. The first kappa shape index (κ1) is 25.1. The van der Waals surface area contributed by atoms with E-state index in [9.17, 15) is 0 Å². The molecule has 0 radical (unpaired) electrons. The van der Waals surface area contributed by atoms with Crippen molar-refractivity contribution in [3.63, 3.8) is 0 Å². The highest BCUT2D eigenvalue weighted by Gasteiger charge is 2.42. The maximum atomic E-state index is 2.47. The number of rotatable bonds is 3. The van der Waals surface area contributed by atoms with E-state index in [0.29, 0.717) is 17.8 Å². The van der Waals surface area contributed by atoms with E-state index in [0.717, 1.165) is 6.42 Å². The highest BCUT2D eigenvalue weighted by molar-refractivity contribution is 5.77. The molecule has 0 fully saturated rings. The molecule has 0 heterocycles. The van der Waals surface area contributed by atoms with Gasteiger partial charge in [0.05, 0.1) is 0 Å². The van der Waals surface area contributed by atoms with Crippen LogP contribution in [-0.4, -0.2) is 7.05 Å². The summed E-state index contributed by atoms with van der Waals surface area (Å²) in [5.41, 5.74) is 12.7. The lowest BCUT2D eigenvalue weighted by Gasteiger charge is -2.44. The Morgan fingerprint density at radius 2 is 1.68 bits per heavy atom. The SMILES string of the molecule is CC1C=C(N(C)c2ccc3c(c2)CC(C)(C)c2ccccc2-3)C=CC1C1=C2C=CC=CC2(C)C2C=CC=CC2=C1. The van der Waals surface area contributed by atoms with Gasteiger partial charge in [-0.15, -0.1) is 0 Å². The largest absolute Gasteiger partial charge is 0.345 e. The number of hydrogen-bond acceptors (Lipinski definition) is 1. The van der Waals surface area contributed by atoms with Crippen LogP contribution in [-0.2, 0) is 11.8 Å². The monoisotopic (exact) mass is 521 g/mol. The fourth-order valence-corrected chi connectivity index (χ4v) is 7.77. The Balaban J connectivity index is 1.20. The van der Waals surface area contributed by atoms with Gasteiger partial charge in [-0.3, -0.25) is 0 Å². The van der Waals surface area contributed by atoms with Crippen molar-refractivity contribution in [3.05, 3.63) is 149 Å². The van der Waals surface area contributed by atoms with Crippen molar-refractivity contribution >= 4 is 5.69 Å². The molecule has 4 unspecified atom stereocenters. The summed E-state index contributed by atoms with van der Waals surface area (Å²) < 4.78 is 0. The van der Waals surface area contributed by atoms with Crippen molar-refractivity contribution in [2.75, 3.05) is 11.9 Å². The van der Waals surface area contributed by atoms with E-state index < -0.39 is 0 Å². The van der Waals surface area contributed by atoms with Crippen LogP contribution in [0.5, 0.6) is 0 Å². The molecule has 1 nitrogen and oxygen atoms in total. The topological polar surface area (TPSA) is 3.24 Å². The van der Waals surface area contributed by atoms with E-state index in [-0.39, 0.29) is 10.8 Å². The summed E-state index contributed by atoms with van der Waals surface area (Å²) in [5, 5.41) is 0. The van der Waals surface area contributed by atoms with Gasteiger partial charge in [0, 0.05) is 35.7 Å². The second-order valence-corrected chi connectivity index (χ2v) is 13.1. The Kier molecular flexibility index (Phi) is 5.72. The Labute approximate surface area is 240 Å². The van der Waals surface area contributed by atoms with Crippen molar-refractivity contribution < 1.29 is 0 Å². The maximum Gasteiger partial charge on any atom is 0.0411 e. The van der Waals surface area contributed by atoms with E-state index in [4.69, 9.17) is 0 Å². The van der Waals surface area contributed by atoms with Crippen LogP contribution in [0, 0.1) is 23.2 Å². The maximum absolute atomic E-state index is 2.47. The quantitative estimate of drug-likeness (QED) is 0.389. The summed E-state index contributed by atoms with van der Waals surface area (Å²) in [7, 11) is 2.22. The average Bonchev–Trinajstić information content (AvgIpc) is 2.96. The third-order valence-electron chi connectivity index (χ3n) is 10.0. The van der Waals surface area contributed by atoms with Gasteiger partial charge in [0.2, 0.25) is 0 Å². The van der Waals surface area contributed by atoms with Crippen molar-refractivity contribution in [3.8, 4) is 11.1 Å². The van der Waals surface area contributed by atoms with Crippen molar-refractivity contribution in [1.82, 2.24) is 0 Å². The van der Waals surface area contributed by atoms with E-state index in [1.807, 2.05) is 0 Å². The molecule has 0 aliphatic heterocycles. The minimum atomic E-state index is -0.000698. The van der Waals surface area contributed by atoms with Gasteiger partial charge in [-0.1, -0.05) is 125 Å². The van der Waals surface area contributed by atoms with Gasteiger partial charge >= 0.3 is 0 Å². The molecule has 0 bridgehead atoms. The van der Waals surface area contributed by atoms with Crippen LogP contribution < -0.4 is 4.90 Å². The summed E-state index contributed by atoms with van der Waals surface area (Å²) in [6.45, 7) is 9.54. The van der Waals surface area contributed by atoms with Gasteiger partial charge in [0.1, 0.15) is 0 Å². The fraction of sp³-hybridized carbons (Fsp3) is 0.282. The number of likely N-dealkylation sites (N-methyl/N-ethyl adjacent to an activating group) is 1. The van der Waals surface area contributed by atoms with Gasteiger partial charge < -0.3 is 4.90 Å². The minimum absolute atomic E-state index is 0.000698. The molecule has 5 aliphatic rings. The molecule has 5 aliphatic carbocycles. The smallest absolute Gasteiger partial charge is 0.0411 e. The molecule has 7 rings (SSSR count). The summed E-state index contributed by atoms with van der Waals surface area (Å²) >= 11 is 0. The normalized spacial score (nSPS) is 28.8. The first-order chi connectivity index (χ1) is 19.3. The molecule has 2 aromatic carbocycles. The Morgan fingerprint density at radius 3 is 2.52 bits per heavy atom. The summed E-state index contributed by atoms with van der Waals surface area (Å²) in [6.07, 6.45) is 29.1. The van der Waals surface area contributed by atoms with Gasteiger partial charge in [0.25, 0.3) is 0 Å². The predicted molar refractivity (Wildman–Crippen MR) is 170 cm³/mol. The summed E-state index contributed by atoms with van der Waals surface area (Å²) in [6, 6.07) is 16.0. The molecule has 200 valence electrons. The number of nitrogens with zero attached hydrogens (tertiary/aromatic N) is 1. The number of anilines is 1. The predicted octanol–water partition coefficient (Wildman–Crippen LogP) is 9.44. The number of benzene rings is 2. The first-order valence-corrected chi connectivity index (χ1v) is 14.8. The Morgan fingerprint density at radius 1 is 0.850 bits per heavy atom. The molecule has 0 N–H and O–H groups in total. The number of allylic oxidation sites excluding steroid dienone is 15. The molecule has 2 aromatic rings. The van der Waals surface area contributed by atoms with Crippen molar-refractivity contribution in [2.24, 2.45) is 23.2 Å². The fourth-order valence-electron chi connectivity index (χ4n) is 7.77. The second kappa shape index (κ2) is 9.10. The van der Waals surface area contributed by atoms with Gasteiger partial charge in [-0.2, -0.15) is 0 Å². The molecular weight excluding hydrogens is 482 g/mol. The Hall–Kier alpha value is -3.84. The van der Waals surface area contributed by atoms with E-state index in [1.165, 1.54) is 50.4 Å². The van der Waals surface area contributed by atoms with E-state index in [2.05, 4.69) is 155 Å². The zero-order chi connectivity index (χ0) is 27.6. The summed E-state index contributed by atoms with van der Waals surface area (Å²) in [4.78, 5) is 2.37. The van der Waals surface area contributed by atoms with E-state index in [1.54, 1.807) is 0 Å². The van der Waals surface area contributed by atoms with Crippen LogP contribution in [0.1, 0.15) is 38.8 Å². The lowest BCUT2D eigenvalue weighted by molar-refractivity contribution is 0.405. The Bertz CT molecular complexity index is 1640. The van der Waals surface area contributed by atoms with Crippen LogP contribution in [0.2, 0.25) is 0 Å². The highest BCUT2D eigenvalue weighted by Crippen LogP contribution is 2.52. The average molecular weight is 522 g/mol. The number of fused-ring (bicyclic) bond motifs is 6. The number of hydrogen-bond donors (Lipinski definition) is 0. The highest BCUT2D eigenvalue weighted by atomic mass is 15.1. The van der Waals surface area contributed by atoms with Crippen molar-refractivity contribution in [1.29, 1.82) is 0 Å². The van der Waals surface area contributed by atoms with Crippen LogP contribution in [0.4, 0.5) is 5.69 Å². The molecule has 1 heteroatoms. The zero-order valence-electron chi connectivity index (χ0n) is 24.4. The molecule has 40 heavy (non-hydrogen) atoms. The third kappa shape index (κ3) is 3.82. The molecule has 0 amide bonds. The lowest BCUT2D eigenvalue weighted by Crippen LogP contribution is -2.34. The van der Waals surface area contributed by atoms with Crippen LogP contribution in [0.15, 0.2) is 138 Å². The van der Waals surface area contributed by atoms with Crippen LogP contribution >= 0.6 is 0 Å². The van der Waals surface area contributed by atoms with Gasteiger partial charge in [-0.25, -0.2) is 0 Å². The lowest BCUT2D eigenvalue weighted by atomic mass is 9.59. The first-order valence-electron chi connectivity index (χ1n) is 14.8. The molecule has 4 atom stereocenters. The molecule has 0 saturated carbocycles. The van der Waals surface area contributed by atoms with Gasteiger partial charge in [-0.05, 0) is 74.9 Å². The molecule has 0 saturated heterocycles.